The van der Waals surface area contributed by atoms with Crippen molar-refractivity contribution < 1.29 is 4.79 Å². The van der Waals surface area contributed by atoms with Crippen LogP contribution in [0.1, 0.15) is 15.9 Å². The summed E-state index contributed by atoms with van der Waals surface area (Å²) in [7, 11) is 0. The minimum atomic E-state index is -0.353. The van der Waals surface area contributed by atoms with Crippen LogP contribution in [-0.2, 0) is 0 Å². The lowest BCUT2D eigenvalue weighted by Gasteiger charge is -2.13. The van der Waals surface area contributed by atoms with Gasteiger partial charge in [0, 0.05) is 4.47 Å². The summed E-state index contributed by atoms with van der Waals surface area (Å²) in [6.45, 7) is 1.91. The van der Waals surface area contributed by atoms with E-state index in [2.05, 4.69) is 26.7 Å². The van der Waals surface area contributed by atoms with E-state index in [4.69, 9.17) is 29.0 Å². The summed E-state index contributed by atoms with van der Waals surface area (Å²) in [5.74, 6) is 5.09. The van der Waals surface area contributed by atoms with Gasteiger partial charge >= 0.3 is 0 Å². The van der Waals surface area contributed by atoms with E-state index in [1.54, 1.807) is 24.3 Å². The molecule has 0 radical (unpaired) electrons. The van der Waals surface area contributed by atoms with Gasteiger partial charge in [-0.2, -0.15) is 0 Å². The maximum atomic E-state index is 12.4. The van der Waals surface area contributed by atoms with Crippen molar-refractivity contribution in [3.05, 3.63) is 56.0 Å². The van der Waals surface area contributed by atoms with Gasteiger partial charge in [-0.05, 0) is 36.8 Å². The van der Waals surface area contributed by atoms with Gasteiger partial charge in [0.15, 0.2) is 0 Å². The zero-order valence-corrected chi connectivity index (χ0v) is 14.1. The average molecular weight is 389 g/mol. The van der Waals surface area contributed by atoms with Crippen LogP contribution in [0.5, 0.6) is 0 Å². The molecule has 21 heavy (non-hydrogen) atoms. The van der Waals surface area contributed by atoms with Crippen LogP contribution in [0.15, 0.2) is 34.8 Å². The lowest BCUT2D eigenvalue weighted by atomic mass is 10.1. The van der Waals surface area contributed by atoms with E-state index in [-0.39, 0.29) is 5.91 Å². The molecule has 4 N–H and O–H groups in total. The number of carbonyl (C=O) groups is 1. The highest BCUT2D eigenvalue weighted by molar-refractivity contribution is 9.10. The maximum Gasteiger partial charge on any atom is 0.257 e. The van der Waals surface area contributed by atoms with Gasteiger partial charge in [0.25, 0.3) is 5.91 Å². The molecule has 0 aromatic heterocycles. The van der Waals surface area contributed by atoms with Crippen molar-refractivity contribution in [3.63, 3.8) is 0 Å². The zero-order chi connectivity index (χ0) is 15.6. The maximum absolute atomic E-state index is 12.4. The van der Waals surface area contributed by atoms with Crippen LogP contribution >= 0.6 is 39.1 Å². The highest BCUT2D eigenvalue weighted by atomic mass is 79.9. The molecule has 110 valence electrons. The first-order chi connectivity index (χ1) is 9.92. The Morgan fingerprint density at radius 1 is 1.19 bits per heavy atom. The normalized spacial score (nSPS) is 10.3. The average Bonchev–Trinajstić information content (AvgIpc) is 2.42. The number of aryl methyl sites for hydroxylation is 1. The SMILES string of the molecule is Cc1ccc(C(=O)Nc2c(Cl)cc(Br)cc2Cl)c(NN)c1. The Hall–Kier alpha value is -1.27. The Bertz CT molecular complexity index is 684. The van der Waals surface area contributed by atoms with E-state index >= 15 is 0 Å². The molecule has 2 aromatic rings. The van der Waals surface area contributed by atoms with Gasteiger partial charge in [-0.3, -0.25) is 10.6 Å². The summed E-state index contributed by atoms with van der Waals surface area (Å²) in [4.78, 5) is 12.4. The molecular weight excluding hydrogens is 377 g/mol. The summed E-state index contributed by atoms with van der Waals surface area (Å²) in [6.07, 6.45) is 0. The molecule has 0 saturated carbocycles. The smallest absolute Gasteiger partial charge is 0.257 e. The number of carbonyl (C=O) groups excluding carboxylic acids is 1. The van der Waals surface area contributed by atoms with Gasteiger partial charge in [-0.15, -0.1) is 0 Å². The molecule has 0 fully saturated rings. The monoisotopic (exact) mass is 387 g/mol. The number of nitrogens with one attached hydrogen (secondary N) is 2. The number of hydrazine groups is 1. The van der Waals surface area contributed by atoms with Gasteiger partial charge in [0.2, 0.25) is 0 Å². The molecule has 0 spiro atoms. The first kappa shape index (κ1) is 16.1. The Balaban J connectivity index is 2.35. The molecule has 0 aliphatic carbocycles. The standard InChI is InChI=1S/C14H12BrCl2N3O/c1-7-2-3-9(12(4-7)20-18)14(21)19-13-10(16)5-8(15)6-11(13)17/h2-6,20H,18H2,1H3,(H,19,21). The summed E-state index contributed by atoms with van der Waals surface area (Å²) < 4.78 is 0.732. The van der Waals surface area contributed by atoms with E-state index in [9.17, 15) is 4.79 Å². The van der Waals surface area contributed by atoms with Gasteiger partial charge in [-0.25, -0.2) is 0 Å². The summed E-state index contributed by atoms with van der Waals surface area (Å²) in [5, 5.41) is 3.39. The summed E-state index contributed by atoms with van der Waals surface area (Å²) >= 11 is 15.5. The minimum absolute atomic E-state index is 0.345. The van der Waals surface area contributed by atoms with E-state index in [1.165, 1.54) is 0 Å². The van der Waals surface area contributed by atoms with Crippen molar-refractivity contribution in [1.82, 2.24) is 0 Å². The molecule has 0 atom stereocenters. The molecule has 0 saturated heterocycles. The lowest BCUT2D eigenvalue weighted by molar-refractivity contribution is 0.102. The van der Waals surface area contributed by atoms with E-state index in [0.29, 0.717) is 27.0 Å². The Kier molecular flexibility index (Phi) is 5.11. The highest BCUT2D eigenvalue weighted by Crippen LogP contribution is 2.34. The lowest BCUT2D eigenvalue weighted by Crippen LogP contribution is -2.17. The van der Waals surface area contributed by atoms with Crippen molar-refractivity contribution in [2.75, 3.05) is 10.7 Å². The molecule has 1 amide bonds. The van der Waals surface area contributed by atoms with Crippen LogP contribution in [0.2, 0.25) is 10.0 Å². The predicted octanol–water partition coefficient (Wildman–Crippen LogP) is 4.60. The second-order valence-corrected chi connectivity index (χ2v) is 6.12. The van der Waals surface area contributed by atoms with Crippen molar-refractivity contribution in [2.24, 2.45) is 5.84 Å². The van der Waals surface area contributed by atoms with Crippen LogP contribution in [0.4, 0.5) is 11.4 Å². The Labute approximate surface area is 140 Å². The first-order valence-electron chi connectivity index (χ1n) is 5.95. The number of hydrogen-bond donors (Lipinski definition) is 3. The number of benzene rings is 2. The number of anilines is 2. The van der Waals surface area contributed by atoms with Crippen LogP contribution in [0.25, 0.3) is 0 Å². The number of amides is 1. The van der Waals surface area contributed by atoms with Crippen molar-refractivity contribution in [1.29, 1.82) is 0 Å². The molecule has 7 heteroatoms. The van der Waals surface area contributed by atoms with Gasteiger partial charge in [-0.1, -0.05) is 45.2 Å². The highest BCUT2D eigenvalue weighted by Gasteiger charge is 2.15. The molecule has 0 bridgehead atoms. The Morgan fingerprint density at radius 2 is 1.81 bits per heavy atom. The number of nitrogen functional groups attached to an aromatic ring is 1. The van der Waals surface area contributed by atoms with Gasteiger partial charge < -0.3 is 10.7 Å². The fraction of sp³-hybridized carbons (Fsp3) is 0.0714. The topological polar surface area (TPSA) is 67.2 Å². The van der Waals surface area contributed by atoms with Gasteiger partial charge in [0.05, 0.1) is 27.0 Å². The molecular formula is C14H12BrCl2N3O. The fourth-order valence-electron chi connectivity index (χ4n) is 1.82. The number of rotatable bonds is 3. The first-order valence-corrected chi connectivity index (χ1v) is 7.50. The molecule has 0 aliphatic rings. The number of hydrogen-bond acceptors (Lipinski definition) is 3. The van der Waals surface area contributed by atoms with E-state index in [0.717, 1.165) is 10.0 Å². The number of halogens is 3. The molecule has 0 aliphatic heterocycles. The molecule has 0 unspecified atom stereocenters. The van der Waals surface area contributed by atoms with E-state index < -0.39 is 0 Å². The zero-order valence-electron chi connectivity index (χ0n) is 11.0. The fourth-order valence-corrected chi connectivity index (χ4v) is 3.12. The van der Waals surface area contributed by atoms with Crippen LogP contribution in [-0.4, -0.2) is 5.91 Å². The second-order valence-electron chi connectivity index (χ2n) is 4.39. The summed E-state index contributed by atoms with van der Waals surface area (Å²) in [6, 6.07) is 8.58. The van der Waals surface area contributed by atoms with Crippen LogP contribution in [0, 0.1) is 6.92 Å². The third-order valence-corrected chi connectivity index (χ3v) is 3.87. The van der Waals surface area contributed by atoms with E-state index in [1.807, 2.05) is 13.0 Å². The van der Waals surface area contributed by atoms with Crippen LogP contribution in [0.3, 0.4) is 0 Å². The molecule has 2 rings (SSSR count). The van der Waals surface area contributed by atoms with Gasteiger partial charge in [0.1, 0.15) is 0 Å². The van der Waals surface area contributed by atoms with Crippen molar-refractivity contribution in [2.45, 2.75) is 6.92 Å². The van der Waals surface area contributed by atoms with Crippen LogP contribution < -0.4 is 16.6 Å². The number of nitrogens with two attached hydrogens (primary N) is 1. The summed E-state index contributed by atoms with van der Waals surface area (Å²) in [5.41, 5.74) is 4.77. The third-order valence-electron chi connectivity index (χ3n) is 2.82. The molecule has 4 nitrogen and oxygen atoms in total. The largest absolute Gasteiger partial charge is 0.323 e. The Morgan fingerprint density at radius 3 is 2.38 bits per heavy atom. The van der Waals surface area contributed by atoms with Crippen molar-refractivity contribution >= 4 is 56.4 Å². The quantitative estimate of drug-likeness (QED) is 0.531. The second kappa shape index (κ2) is 6.66. The third kappa shape index (κ3) is 3.68. The molecule has 2 aromatic carbocycles. The predicted molar refractivity (Wildman–Crippen MR) is 91.1 cm³/mol. The molecule has 0 heterocycles. The minimum Gasteiger partial charge on any atom is -0.323 e. The van der Waals surface area contributed by atoms with Crippen molar-refractivity contribution in [3.8, 4) is 0 Å².